The molecule has 3 aromatic rings. The van der Waals surface area contributed by atoms with Crippen LogP contribution in [-0.2, 0) is 27.1 Å². The molecule has 0 saturated heterocycles. The van der Waals surface area contributed by atoms with Gasteiger partial charge in [0.1, 0.15) is 18.5 Å². The van der Waals surface area contributed by atoms with Crippen molar-refractivity contribution in [3.63, 3.8) is 0 Å². The predicted octanol–water partition coefficient (Wildman–Crippen LogP) is 1.26. The van der Waals surface area contributed by atoms with Gasteiger partial charge in [0.05, 0.1) is 6.54 Å². The number of halogens is 1. The molecule has 2 heterocycles. The molecule has 1 unspecified atom stereocenters. The summed E-state index contributed by atoms with van der Waals surface area (Å²) in [5.41, 5.74) is 0.243. The predicted molar refractivity (Wildman–Crippen MR) is 107 cm³/mol. The Morgan fingerprint density at radius 1 is 1.29 bits per heavy atom. The van der Waals surface area contributed by atoms with Gasteiger partial charge in [0.25, 0.3) is 5.56 Å². The Hall–Kier alpha value is -2.84. The molecule has 9 heteroatoms. The molecule has 2 aromatic heterocycles. The third-order valence-electron chi connectivity index (χ3n) is 4.45. The van der Waals surface area contributed by atoms with E-state index in [1.165, 1.54) is 23.2 Å². The Morgan fingerprint density at radius 2 is 2.00 bits per heavy atom. The number of para-hydroxylation sites is 1. The molecule has 1 atom stereocenters. The Kier molecular flexibility index (Phi) is 5.71. The van der Waals surface area contributed by atoms with Crippen LogP contribution in [0.25, 0.3) is 11.2 Å². The molecule has 148 valence electrons. The topological polar surface area (TPSA) is 91.3 Å². The van der Waals surface area contributed by atoms with Gasteiger partial charge in [0.2, 0.25) is 5.28 Å². The average Bonchev–Trinajstić information content (AvgIpc) is 3.00. The van der Waals surface area contributed by atoms with Gasteiger partial charge in [-0.05, 0) is 29.7 Å². The van der Waals surface area contributed by atoms with Gasteiger partial charge >= 0.3 is 5.69 Å². The van der Waals surface area contributed by atoms with Crippen LogP contribution >= 0.6 is 11.6 Å². The van der Waals surface area contributed by atoms with Gasteiger partial charge in [-0.2, -0.15) is 0 Å². The monoisotopic (exact) mass is 404 g/mol. The highest BCUT2D eigenvalue weighted by Gasteiger charge is 2.20. The number of aryl methyl sites for hydroxylation is 1. The highest BCUT2D eigenvalue weighted by molar-refractivity contribution is 6.29. The van der Waals surface area contributed by atoms with Crippen LogP contribution in [-0.4, -0.2) is 36.5 Å². The fraction of sp³-hybridized carbons (Fsp3) is 0.316. The number of aromatic nitrogens is 4. The van der Waals surface area contributed by atoms with Crippen LogP contribution in [0, 0.1) is 0 Å². The van der Waals surface area contributed by atoms with Gasteiger partial charge < -0.3 is 9.84 Å². The molecule has 1 N–H and O–H groups in total. The van der Waals surface area contributed by atoms with Crippen LogP contribution in [0.1, 0.15) is 5.56 Å². The third kappa shape index (κ3) is 3.61. The highest BCUT2D eigenvalue weighted by Crippen LogP contribution is 2.20. The lowest BCUT2D eigenvalue weighted by Gasteiger charge is -2.16. The lowest BCUT2D eigenvalue weighted by atomic mass is 10.1. The number of nitrogens with zero attached hydrogens (tertiary/aromatic N) is 4. The molecule has 0 aliphatic heterocycles. The van der Waals surface area contributed by atoms with Gasteiger partial charge in [-0.15, -0.1) is 6.58 Å². The van der Waals surface area contributed by atoms with E-state index in [4.69, 9.17) is 16.3 Å². The van der Waals surface area contributed by atoms with Gasteiger partial charge in [0.15, 0.2) is 11.2 Å². The summed E-state index contributed by atoms with van der Waals surface area (Å²) in [6, 6.07) is 7.49. The summed E-state index contributed by atoms with van der Waals surface area (Å²) in [5, 5.41) is 10.5. The molecule has 0 aliphatic rings. The number of rotatable bonds is 7. The van der Waals surface area contributed by atoms with Crippen molar-refractivity contribution in [2.45, 2.75) is 19.1 Å². The summed E-state index contributed by atoms with van der Waals surface area (Å²) in [5.74, 6) is 0.657. The first-order valence-corrected chi connectivity index (χ1v) is 9.04. The molecule has 0 fully saturated rings. The van der Waals surface area contributed by atoms with Crippen molar-refractivity contribution >= 4 is 22.8 Å². The van der Waals surface area contributed by atoms with E-state index in [1.807, 2.05) is 24.3 Å². The first-order chi connectivity index (χ1) is 13.3. The molecular formula is C19H21ClN4O4. The largest absolute Gasteiger partial charge is 0.491 e. The van der Waals surface area contributed by atoms with Crippen molar-refractivity contribution in [1.29, 1.82) is 0 Å². The molecule has 0 radical (unpaired) electrons. The quantitative estimate of drug-likeness (QED) is 0.473. The molecule has 0 aliphatic carbocycles. The maximum Gasteiger partial charge on any atom is 0.332 e. The van der Waals surface area contributed by atoms with E-state index in [0.717, 1.165) is 10.1 Å². The van der Waals surface area contributed by atoms with Crippen molar-refractivity contribution in [1.82, 2.24) is 18.7 Å². The third-order valence-corrected chi connectivity index (χ3v) is 4.74. The minimum atomic E-state index is -0.939. The number of ether oxygens (including phenoxy) is 1. The van der Waals surface area contributed by atoms with Crippen molar-refractivity contribution in [2.24, 2.45) is 14.1 Å². The van der Waals surface area contributed by atoms with Gasteiger partial charge in [-0.3, -0.25) is 18.5 Å². The van der Waals surface area contributed by atoms with Crippen molar-refractivity contribution in [3.8, 4) is 5.75 Å². The minimum absolute atomic E-state index is 0.00292. The molecule has 28 heavy (non-hydrogen) atoms. The van der Waals surface area contributed by atoms with Crippen LogP contribution < -0.4 is 16.0 Å². The molecular weight excluding hydrogens is 384 g/mol. The molecule has 3 rings (SSSR count). The first-order valence-electron chi connectivity index (χ1n) is 8.66. The van der Waals surface area contributed by atoms with Crippen LogP contribution in [0.5, 0.6) is 5.75 Å². The molecule has 0 amide bonds. The fourth-order valence-electron chi connectivity index (χ4n) is 3.04. The maximum absolute atomic E-state index is 12.3. The maximum atomic E-state index is 12.3. The SMILES string of the molecule is C=CCc1ccccc1OCC(O)Cn1c(Cl)nc2c(=O)n(C)c(=O)n(C)c21. The van der Waals surface area contributed by atoms with E-state index >= 15 is 0 Å². The zero-order valence-corrected chi connectivity index (χ0v) is 16.4. The standard InChI is InChI=1S/C19H21ClN4O4/c1-4-7-12-8-5-6-9-14(12)28-11-13(25)10-24-16-15(21-18(24)20)17(26)23(3)19(27)22(16)2/h4-6,8-9,13,25H,1,7,10-11H2,2-3H3. The molecule has 1 aromatic carbocycles. The highest BCUT2D eigenvalue weighted by atomic mass is 35.5. The summed E-state index contributed by atoms with van der Waals surface area (Å²) in [4.78, 5) is 28.5. The second kappa shape index (κ2) is 8.04. The molecule has 0 spiro atoms. The van der Waals surface area contributed by atoms with Crippen molar-refractivity contribution in [2.75, 3.05) is 6.61 Å². The lowest BCUT2D eigenvalue weighted by molar-refractivity contribution is 0.0928. The van der Waals surface area contributed by atoms with E-state index in [2.05, 4.69) is 11.6 Å². The molecule has 0 bridgehead atoms. The first kappa shape index (κ1) is 19.9. The number of benzene rings is 1. The van der Waals surface area contributed by atoms with Crippen molar-refractivity contribution < 1.29 is 9.84 Å². The zero-order chi connectivity index (χ0) is 20.4. The Bertz CT molecular complexity index is 1150. The van der Waals surface area contributed by atoms with Crippen LogP contribution in [0.2, 0.25) is 5.28 Å². The Labute approximate surface area is 165 Å². The summed E-state index contributed by atoms with van der Waals surface area (Å²) in [6.07, 6.45) is 1.48. The zero-order valence-electron chi connectivity index (χ0n) is 15.6. The number of allylic oxidation sites excluding steroid dienone is 1. The lowest BCUT2D eigenvalue weighted by Crippen LogP contribution is -2.37. The van der Waals surface area contributed by atoms with E-state index < -0.39 is 17.4 Å². The van der Waals surface area contributed by atoms with Gasteiger partial charge in [-0.25, -0.2) is 9.78 Å². The number of hydrogen-bond acceptors (Lipinski definition) is 5. The Balaban J connectivity index is 1.85. The van der Waals surface area contributed by atoms with Crippen LogP contribution in [0.15, 0.2) is 46.5 Å². The van der Waals surface area contributed by atoms with E-state index in [-0.39, 0.29) is 29.6 Å². The van der Waals surface area contributed by atoms with Gasteiger partial charge in [0, 0.05) is 14.1 Å². The average molecular weight is 405 g/mol. The number of hydrogen-bond donors (Lipinski definition) is 1. The van der Waals surface area contributed by atoms with Crippen molar-refractivity contribution in [3.05, 3.63) is 68.6 Å². The van der Waals surface area contributed by atoms with E-state index in [1.54, 1.807) is 6.08 Å². The van der Waals surface area contributed by atoms with Crippen LogP contribution in [0.3, 0.4) is 0 Å². The fourth-order valence-corrected chi connectivity index (χ4v) is 3.28. The van der Waals surface area contributed by atoms with E-state index in [0.29, 0.717) is 12.2 Å². The number of imidazole rings is 1. The second-order valence-electron chi connectivity index (χ2n) is 6.43. The molecule has 8 nitrogen and oxygen atoms in total. The number of aliphatic hydroxyl groups is 1. The number of fused-ring (bicyclic) bond motifs is 1. The second-order valence-corrected chi connectivity index (χ2v) is 6.77. The smallest absolute Gasteiger partial charge is 0.332 e. The van der Waals surface area contributed by atoms with Gasteiger partial charge in [-0.1, -0.05) is 24.3 Å². The molecule has 0 saturated carbocycles. The normalized spacial score (nSPS) is 12.3. The van der Waals surface area contributed by atoms with E-state index in [9.17, 15) is 14.7 Å². The summed E-state index contributed by atoms with van der Waals surface area (Å²) >= 11 is 6.17. The summed E-state index contributed by atoms with van der Waals surface area (Å²) in [6.45, 7) is 3.74. The number of aliphatic hydroxyl groups excluding tert-OH is 1. The van der Waals surface area contributed by atoms with Crippen LogP contribution in [0.4, 0.5) is 0 Å². The summed E-state index contributed by atoms with van der Waals surface area (Å²) in [7, 11) is 2.90. The Morgan fingerprint density at radius 3 is 2.71 bits per heavy atom. The minimum Gasteiger partial charge on any atom is -0.491 e. The summed E-state index contributed by atoms with van der Waals surface area (Å²) < 4.78 is 9.42.